The van der Waals surface area contributed by atoms with Crippen molar-refractivity contribution in [1.29, 1.82) is 0 Å². The van der Waals surface area contributed by atoms with Gasteiger partial charge in [0, 0.05) is 12.2 Å². The summed E-state index contributed by atoms with van der Waals surface area (Å²) >= 11 is 0. The molecule has 82 valence electrons. The Kier molecular flexibility index (Phi) is 3.60. The van der Waals surface area contributed by atoms with Crippen molar-refractivity contribution in [2.75, 3.05) is 11.9 Å². The number of anilines is 1. The van der Waals surface area contributed by atoms with Crippen LogP contribution in [0.3, 0.4) is 0 Å². The van der Waals surface area contributed by atoms with Gasteiger partial charge in [0.15, 0.2) is 0 Å². The molecule has 0 aliphatic rings. The van der Waals surface area contributed by atoms with Crippen molar-refractivity contribution in [1.82, 2.24) is 0 Å². The van der Waals surface area contributed by atoms with Crippen LogP contribution in [0.4, 0.5) is 5.69 Å². The molecule has 0 fully saturated rings. The van der Waals surface area contributed by atoms with Gasteiger partial charge in [0.05, 0.1) is 0 Å². The summed E-state index contributed by atoms with van der Waals surface area (Å²) in [5.74, 6) is 0.529. The van der Waals surface area contributed by atoms with E-state index in [1.54, 1.807) is 0 Å². The van der Waals surface area contributed by atoms with E-state index in [0.717, 1.165) is 6.54 Å². The zero-order chi connectivity index (χ0) is 11.2. The van der Waals surface area contributed by atoms with E-state index in [9.17, 15) is 0 Å². The first-order valence-corrected chi connectivity index (χ1v) is 5.70. The van der Waals surface area contributed by atoms with Crippen molar-refractivity contribution in [3.63, 3.8) is 0 Å². The molecule has 0 aromatic heterocycles. The molecule has 1 atom stereocenters. The van der Waals surface area contributed by atoms with Crippen molar-refractivity contribution in [3.8, 4) is 0 Å². The normalized spacial score (nSPS) is 12.1. The van der Waals surface area contributed by atoms with Gasteiger partial charge in [0.25, 0.3) is 0 Å². The fourth-order valence-electron chi connectivity index (χ4n) is 1.73. The molecule has 16 heavy (non-hydrogen) atoms. The highest BCUT2D eigenvalue weighted by atomic mass is 14.9. The molecule has 0 heterocycles. The monoisotopic (exact) mass is 211 g/mol. The van der Waals surface area contributed by atoms with E-state index in [2.05, 4.69) is 66.8 Å². The summed E-state index contributed by atoms with van der Waals surface area (Å²) in [6.45, 7) is 3.21. The lowest BCUT2D eigenvalue weighted by molar-refractivity contribution is 0.805. The maximum atomic E-state index is 3.44. The van der Waals surface area contributed by atoms with Gasteiger partial charge in [-0.15, -0.1) is 0 Å². The molecule has 2 aromatic rings. The minimum absolute atomic E-state index is 0.529. The maximum Gasteiger partial charge on any atom is 0.0340 e. The van der Waals surface area contributed by atoms with Crippen LogP contribution in [0.25, 0.3) is 0 Å². The highest BCUT2D eigenvalue weighted by Crippen LogP contribution is 2.15. The Bertz CT molecular complexity index is 408. The van der Waals surface area contributed by atoms with E-state index in [0.29, 0.717) is 5.92 Å². The molecule has 0 saturated heterocycles. The topological polar surface area (TPSA) is 12.0 Å². The van der Waals surface area contributed by atoms with Crippen LogP contribution < -0.4 is 5.32 Å². The second kappa shape index (κ2) is 5.36. The minimum Gasteiger partial charge on any atom is -0.384 e. The van der Waals surface area contributed by atoms with Crippen LogP contribution in [0.1, 0.15) is 18.4 Å². The molecular formula is C15H17N. The zero-order valence-electron chi connectivity index (χ0n) is 9.56. The van der Waals surface area contributed by atoms with Gasteiger partial charge in [-0.25, -0.2) is 0 Å². The molecular weight excluding hydrogens is 194 g/mol. The SMILES string of the molecule is C[C@@H](CNc1ccccc1)c1ccccc1. The van der Waals surface area contributed by atoms with Crippen molar-refractivity contribution in [2.45, 2.75) is 12.8 Å². The first kappa shape index (κ1) is 10.7. The van der Waals surface area contributed by atoms with Crippen LogP contribution in [0.15, 0.2) is 60.7 Å². The van der Waals surface area contributed by atoms with Crippen LogP contribution in [0, 0.1) is 0 Å². The first-order valence-electron chi connectivity index (χ1n) is 5.70. The lowest BCUT2D eigenvalue weighted by Gasteiger charge is -2.13. The van der Waals surface area contributed by atoms with Gasteiger partial charge in [0.2, 0.25) is 0 Å². The second-order valence-electron chi connectivity index (χ2n) is 4.06. The summed E-state index contributed by atoms with van der Waals surface area (Å²) in [6, 6.07) is 20.9. The van der Waals surface area contributed by atoms with E-state index < -0.39 is 0 Å². The smallest absolute Gasteiger partial charge is 0.0340 e. The lowest BCUT2D eigenvalue weighted by Crippen LogP contribution is -2.09. The minimum atomic E-state index is 0.529. The van der Waals surface area contributed by atoms with E-state index in [-0.39, 0.29) is 0 Å². The number of para-hydroxylation sites is 1. The summed E-state index contributed by atoms with van der Waals surface area (Å²) in [6.07, 6.45) is 0. The molecule has 2 rings (SSSR count). The predicted octanol–water partition coefficient (Wildman–Crippen LogP) is 3.90. The molecule has 1 nitrogen and oxygen atoms in total. The van der Waals surface area contributed by atoms with E-state index in [4.69, 9.17) is 0 Å². The van der Waals surface area contributed by atoms with Gasteiger partial charge < -0.3 is 5.32 Å². The Morgan fingerprint density at radius 2 is 1.44 bits per heavy atom. The van der Waals surface area contributed by atoms with Crippen LogP contribution in [-0.4, -0.2) is 6.54 Å². The highest BCUT2D eigenvalue weighted by molar-refractivity contribution is 5.42. The summed E-state index contributed by atoms with van der Waals surface area (Å²) in [7, 11) is 0. The fraction of sp³-hybridized carbons (Fsp3) is 0.200. The van der Waals surface area contributed by atoms with Crippen molar-refractivity contribution >= 4 is 5.69 Å². The predicted molar refractivity (Wildman–Crippen MR) is 69.8 cm³/mol. The summed E-state index contributed by atoms with van der Waals surface area (Å²) in [5, 5.41) is 3.44. The summed E-state index contributed by atoms with van der Waals surface area (Å²) in [5.41, 5.74) is 2.57. The molecule has 0 aliphatic carbocycles. The largest absolute Gasteiger partial charge is 0.384 e. The average Bonchev–Trinajstić information content (AvgIpc) is 2.38. The molecule has 1 heteroatoms. The Hall–Kier alpha value is -1.76. The number of rotatable bonds is 4. The van der Waals surface area contributed by atoms with Gasteiger partial charge in [-0.05, 0) is 23.6 Å². The van der Waals surface area contributed by atoms with Crippen molar-refractivity contribution < 1.29 is 0 Å². The molecule has 0 aliphatic heterocycles. The van der Waals surface area contributed by atoms with E-state index in [1.165, 1.54) is 11.3 Å². The van der Waals surface area contributed by atoms with Gasteiger partial charge in [-0.2, -0.15) is 0 Å². The van der Waals surface area contributed by atoms with E-state index in [1.807, 2.05) is 6.07 Å². The second-order valence-corrected chi connectivity index (χ2v) is 4.06. The van der Waals surface area contributed by atoms with E-state index >= 15 is 0 Å². The highest BCUT2D eigenvalue weighted by Gasteiger charge is 2.03. The van der Waals surface area contributed by atoms with Crippen LogP contribution in [-0.2, 0) is 0 Å². The zero-order valence-corrected chi connectivity index (χ0v) is 9.56. The Balaban J connectivity index is 1.92. The first-order chi connectivity index (χ1) is 7.86. The lowest BCUT2D eigenvalue weighted by atomic mass is 10.0. The Labute approximate surface area is 97.1 Å². The van der Waals surface area contributed by atoms with Crippen LogP contribution in [0.2, 0.25) is 0 Å². The van der Waals surface area contributed by atoms with Crippen molar-refractivity contribution in [3.05, 3.63) is 66.2 Å². The van der Waals surface area contributed by atoms with Crippen LogP contribution in [0.5, 0.6) is 0 Å². The molecule has 0 saturated carbocycles. The standard InChI is InChI=1S/C15H17N/c1-13(14-8-4-2-5-9-14)12-16-15-10-6-3-7-11-15/h2-11,13,16H,12H2,1H3/t13-/m0/s1. The molecule has 0 amide bonds. The maximum absolute atomic E-state index is 3.44. The fourth-order valence-corrected chi connectivity index (χ4v) is 1.73. The summed E-state index contributed by atoms with van der Waals surface area (Å²) < 4.78 is 0. The number of hydrogen-bond donors (Lipinski definition) is 1. The van der Waals surface area contributed by atoms with Crippen LogP contribution >= 0.6 is 0 Å². The Morgan fingerprint density at radius 3 is 2.06 bits per heavy atom. The third-order valence-corrected chi connectivity index (χ3v) is 2.75. The number of nitrogens with one attached hydrogen (secondary N) is 1. The molecule has 0 bridgehead atoms. The molecule has 0 unspecified atom stereocenters. The van der Waals surface area contributed by atoms with Gasteiger partial charge in [-0.1, -0.05) is 55.5 Å². The number of benzene rings is 2. The van der Waals surface area contributed by atoms with Gasteiger partial charge >= 0.3 is 0 Å². The van der Waals surface area contributed by atoms with Crippen molar-refractivity contribution in [2.24, 2.45) is 0 Å². The average molecular weight is 211 g/mol. The Morgan fingerprint density at radius 1 is 0.875 bits per heavy atom. The number of hydrogen-bond acceptors (Lipinski definition) is 1. The molecule has 0 spiro atoms. The molecule has 2 aromatic carbocycles. The third kappa shape index (κ3) is 2.86. The van der Waals surface area contributed by atoms with Gasteiger partial charge in [-0.3, -0.25) is 0 Å². The quantitative estimate of drug-likeness (QED) is 0.808. The van der Waals surface area contributed by atoms with Gasteiger partial charge in [0.1, 0.15) is 0 Å². The third-order valence-electron chi connectivity index (χ3n) is 2.75. The summed E-state index contributed by atoms with van der Waals surface area (Å²) in [4.78, 5) is 0. The molecule has 1 N–H and O–H groups in total. The molecule has 0 radical (unpaired) electrons.